The van der Waals surface area contributed by atoms with Crippen molar-refractivity contribution in [2.24, 2.45) is 0 Å². The van der Waals surface area contributed by atoms with Crippen molar-refractivity contribution in [3.05, 3.63) is 45.4 Å². The Balaban J connectivity index is 2.00. The molecule has 2 rings (SSSR count). The highest BCUT2D eigenvalue weighted by molar-refractivity contribution is 7.12. The van der Waals surface area contributed by atoms with E-state index in [0.29, 0.717) is 6.04 Å². The molecule has 0 radical (unpaired) electrons. The van der Waals surface area contributed by atoms with Gasteiger partial charge in [-0.15, -0.1) is 11.3 Å². The molecule has 0 spiro atoms. The van der Waals surface area contributed by atoms with Crippen molar-refractivity contribution in [1.82, 2.24) is 10.3 Å². The van der Waals surface area contributed by atoms with Crippen LogP contribution in [0, 0.1) is 13.8 Å². The molecular formula is C15H20N2OS. The van der Waals surface area contributed by atoms with Gasteiger partial charge in [0.15, 0.2) is 0 Å². The maximum Gasteiger partial charge on any atom is 0.122 e. The number of hydrogen-bond donors (Lipinski definition) is 1. The van der Waals surface area contributed by atoms with Gasteiger partial charge in [-0.25, -0.2) is 0 Å². The van der Waals surface area contributed by atoms with Crippen LogP contribution in [0.15, 0.2) is 24.3 Å². The first-order valence-electron chi connectivity index (χ1n) is 6.40. The number of methoxy groups -OCH3 is 1. The molecule has 0 aromatic carbocycles. The third kappa shape index (κ3) is 3.78. The SMILES string of the molecule is COc1cc(C)nc(CNC(C)c2ccc(C)s2)c1. The van der Waals surface area contributed by atoms with E-state index >= 15 is 0 Å². The zero-order valence-electron chi connectivity index (χ0n) is 11.9. The molecule has 1 unspecified atom stereocenters. The molecule has 2 aromatic rings. The Morgan fingerprint density at radius 3 is 2.74 bits per heavy atom. The molecule has 0 aliphatic rings. The summed E-state index contributed by atoms with van der Waals surface area (Å²) in [6.07, 6.45) is 0. The molecule has 0 aliphatic heterocycles. The van der Waals surface area contributed by atoms with Gasteiger partial charge in [-0.3, -0.25) is 4.98 Å². The lowest BCUT2D eigenvalue weighted by Gasteiger charge is -2.12. The van der Waals surface area contributed by atoms with Crippen LogP contribution in [-0.2, 0) is 6.54 Å². The molecular weight excluding hydrogens is 256 g/mol. The number of hydrogen-bond acceptors (Lipinski definition) is 4. The molecule has 1 N–H and O–H groups in total. The van der Waals surface area contributed by atoms with Gasteiger partial charge in [-0.2, -0.15) is 0 Å². The molecule has 4 heteroatoms. The van der Waals surface area contributed by atoms with Crippen LogP contribution in [0.5, 0.6) is 5.75 Å². The molecule has 0 amide bonds. The summed E-state index contributed by atoms with van der Waals surface area (Å²) in [5, 5.41) is 3.50. The molecule has 0 fully saturated rings. The Labute approximate surface area is 118 Å². The Morgan fingerprint density at radius 1 is 1.32 bits per heavy atom. The van der Waals surface area contributed by atoms with Crippen LogP contribution in [0.25, 0.3) is 0 Å². The van der Waals surface area contributed by atoms with E-state index < -0.39 is 0 Å². The monoisotopic (exact) mass is 276 g/mol. The van der Waals surface area contributed by atoms with Crippen LogP contribution in [0.3, 0.4) is 0 Å². The second-order valence-electron chi connectivity index (χ2n) is 4.69. The summed E-state index contributed by atoms with van der Waals surface area (Å²) in [5.41, 5.74) is 1.99. The van der Waals surface area contributed by atoms with Gasteiger partial charge in [0.25, 0.3) is 0 Å². The minimum absolute atomic E-state index is 0.340. The summed E-state index contributed by atoms with van der Waals surface area (Å²) < 4.78 is 5.26. The summed E-state index contributed by atoms with van der Waals surface area (Å²) in [7, 11) is 1.68. The maximum absolute atomic E-state index is 5.26. The molecule has 102 valence electrons. The zero-order valence-corrected chi connectivity index (χ0v) is 12.7. The second-order valence-corrected chi connectivity index (χ2v) is 6.01. The van der Waals surface area contributed by atoms with E-state index in [2.05, 4.69) is 36.3 Å². The number of pyridine rings is 1. The fourth-order valence-electron chi connectivity index (χ4n) is 1.96. The summed E-state index contributed by atoms with van der Waals surface area (Å²) in [5.74, 6) is 0.865. The number of ether oxygens (including phenoxy) is 1. The fraction of sp³-hybridized carbons (Fsp3) is 0.400. The first-order chi connectivity index (χ1) is 9.08. The molecule has 0 saturated carbocycles. The third-order valence-corrected chi connectivity index (χ3v) is 4.18. The highest BCUT2D eigenvalue weighted by Crippen LogP contribution is 2.22. The van der Waals surface area contributed by atoms with Gasteiger partial charge in [0.2, 0.25) is 0 Å². The van der Waals surface area contributed by atoms with Crippen molar-refractivity contribution in [3.63, 3.8) is 0 Å². The van der Waals surface area contributed by atoms with Gasteiger partial charge >= 0.3 is 0 Å². The van der Waals surface area contributed by atoms with Crippen molar-refractivity contribution in [2.75, 3.05) is 7.11 Å². The largest absolute Gasteiger partial charge is 0.497 e. The first kappa shape index (κ1) is 14.0. The highest BCUT2D eigenvalue weighted by Gasteiger charge is 2.08. The number of aryl methyl sites for hydroxylation is 2. The Morgan fingerprint density at radius 2 is 2.11 bits per heavy atom. The average Bonchev–Trinajstić information content (AvgIpc) is 2.82. The van der Waals surface area contributed by atoms with Crippen molar-refractivity contribution in [2.45, 2.75) is 33.4 Å². The van der Waals surface area contributed by atoms with E-state index in [1.54, 1.807) is 7.11 Å². The lowest BCUT2D eigenvalue weighted by atomic mass is 10.2. The van der Waals surface area contributed by atoms with E-state index in [9.17, 15) is 0 Å². The maximum atomic E-state index is 5.26. The van der Waals surface area contributed by atoms with E-state index in [1.165, 1.54) is 9.75 Å². The van der Waals surface area contributed by atoms with Crippen LogP contribution in [0.1, 0.15) is 34.1 Å². The minimum atomic E-state index is 0.340. The van der Waals surface area contributed by atoms with Gasteiger partial charge < -0.3 is 10.1 Å². The Bertz CT molecular complexity index is 551. The number of nitrogens with zero attached hydrogens (tertiary/aromatic N) is 1. The van der Waals surface area contributed by atoms with Crippen LogP contribution in [0.2, 0.25) is 0 Å². The quantitative estimate of drug-likeness (QED) is 0.905. The number of aromatic nitrogens is 1. The molecule has 2 heterocycles. The van der Waals surface area contributed by atoms with Crippen LogP contribution >= 0.6 is 11.3 Å². The average molecular weight is 276 g/mol. The van der Waals surface area contributed by atoms with Crippen LogP contribution < -0.4 is 10.1 Å². The molecule has 0 bridgehead atoms. The van der Waals surface area contributed by atoms with Gasteiger partial charge in [-0.05, 0) is 32.9 Å². The summed E-state index contributed by atoms with van der Waals surface area (Å²) >= 11 is 1.83. The molecule has 3 nitrogen and oxygen atoms in total. The van der Waals surface area contributed by atoms with Gasteiger partial charge in [0.1, 0.15) is 5.75 Å². The predicted octanol–water partition coefficient (Wildman–Crippen LogP) is 3.62. The molecule has 1 atom stereocenters. The molecule has 2 aromatic heterocycles. The standard InChI is InChI=1S/C15H20N2OS/c1-10-7-14(18-4)8-13(17-10)9-16-12(3)15-6-5-11(2)19-15/h5-8,12,16H,9H2,1-4H3. The summed E-state index contributed by atoms with van der Waals surface area (Å²) in [6.45, 7) is 7.04. The molecule has 19 heavy (non-hydrogen) atoms. The minimum Gasteiger partial charge on any atom is -0.497 e. The van der Waals surface area contributed by atoms with Crippen molar-refractivity contribution in [1.29, 1.82) is 0 Å². The summed E-state index contributed by atoms with van der Waals surface area (Å²) in [6, 6.07) is 8.60. The second kappa shape index (κ2) is 6.17. The lowest BCUT2D eigenvalue weighted by molar-refractivity contribution is 0.412. The summed E-state index contributed by atoms with van der Waals surface area (Å²) in [4.78, 5) is 7.22. The Kier molecular flexibility index (Phi) is 4.56. The zero-order chi connectivity index (χ0) is 13.8. The number of thiophene rings is 1. The van der Waals surface area contributed by atoms with Gasteiger partial charge in [-0.1, -0.05) is 0 Å². The predicted molar refractivity (Wildman–Crippen MR) is 79.8 cm³/mol. The highest BCUT2D eigenvalue weighted by atomic mass is 32.1. The fourth-order valence-corrected chi connectivity index (χ4v) is 2.86. The van der Waals surface area contributed by atoms with E-state index in [-0.39, 0.29) is 0 Å². The van der Waals surface area contributed by atoms with Gasteiger partial charge in [0, 0.05) is 40.2 Å². The van der Waals surface area contributed by atoms with E-state index in [1.807, 2.05) is 30.4 Å². The third-order valence-electron chi connectivity index (χ3n) is 2.99. The van der Waals surface area contributed by atoms with Gasteiger partial charge in [0.05, 0.1) is 12.8 Å². The smallest absolute Gasteiger partial charge is 0.122 e. The molecule has 0 saturated heterocycles. The van der Waals surface area contributed by atoms with Crippen molar-refractivity contribution in [3.8, 4) is 5.75 Å². The first-order valence-corrected chi connectivity index (χ1v) is 7.21. The number of rotatable bonds is 5. The normalized spacial score (nSPS) is 12.4. The molecule has 0 aliphatic carbocycles. The van der Waals surface area contributed by atoms with Crippen molar-refractivity contribution < 1.29 is 4.74 Å². The van der Waals surface area contributed by atoms with Crippen LogP contribution in [0.4, 0.5) is 0 Å². The van der Waals surface area contributed by atoms with E-state index in [0.717, 1.165) is 23.7 Å². The Hall–Kier alpha value is -1.39. The number of nitrogens with one attached hydrogen (secondary N) is 1. The lowest BCUT2D eigenvalue weighted by Crippen LogP contribution is -2.18. The van der Waals surface area contributed by atoms with Crippen molar-refractivity contribution >= 4 is 11.3 Å². The topological polar surface area (TPSA) is 34.1 Å². The van der Waals surface area contributed by atoms with E-state index in [4.69, 9.17) is 4.74 Å². The van der Waals surface area contributed by atoms with Crippen LogP contribution in [-0.4, -0.2) is 12.1 Å².